The van der Waals surface area contributed by atoms with Crippen molar-refractivity contribution in [3.05, 3.63) is 34.9 Å². The van der Waals surface area contributed by atoms with Crippen molar-refractivity contribution in [2.24, 2.45) is 5.92 Å². The Morgan fingerprint density at radius 3 is 2.81 bits per heavy atom. The van der Waals surface area contributed by atoms with Crippen LogP contribution in [0, 0.1) is 5.92 Å². The first-order chi connectivity index (χ1) is 7.49. The van der Waals surface area contributed by atoms with Gasteiger partial charge in [0.25, 0.3) is 5.92 Å². The van der Waals surface area contributed by atoms with Crippen LogP contribution in [0.2, 0.25) is 5.02 Å². The Morgan fingerprint density at radius 2 is 2.19 bits per heavy atom. The SMILES string of the molecule is C[C@H]1CN[C@H](c2cccc(Cl)c2)CC1(F)F. The Hall–Kier alpha value is -0.670. The van der Waals surface area contributed by atoms with Crippen molar-refractivity contribution in [1.29, 1.82) is 0 Å². The fourth-order valence-corrected chi connectivity index (χ4v) is 2.17. The average molecular weight is 246 g/mol. The largest absolute Gasteiger partial charge is 0.309 e. The molecule has 0 aliphatic carbocycles. The lowest BCUT2D eigenvalue weighted by Crippen LogP contribution is -2.44. The van der Waals surface area contributed by atoms with Crippen LogP contribution in [-0.4, -0.2) is 12.5 Å². The van der Waals surface area contributed by atoms with Gasteiger partial charge in [0.1, 0.15) is 0 Å². The fourth-order valence-electron chi connectivity index (χ4n) is 1.97. The normalized spacial score (nSPS) is 29.0. The van der Waals surface area contributed by atoms with Crippen molar-refractivity contribution in [2.75, 3.05) is 6.54 Å². The van der Waals surface area contributed by atoms with Crippen molar-refractivity contribution in [3.8, 4) is 0 Å². The maximum absolute atomic E-state index is 13.6. The first kappa shape index (κ1) is 11.8. The molecule has 1 nitrogen and oxygen atoms in total. The highest BCUT2D eigenvalue weighted by Crippen LogP contribution is 2.38. The molecule has 1 heterocycles. The highest BCUT2D eigenvalue weighted by molar-refractivity contribution is 6.30. The van der Waals surface area contributed by atoms with Gasteiger partial charge in [0.2, 0.25) is 0 Å². The van der Waals surface area contributed by atoms with Crippen molar-refractivity contribution >= 4 is 11.6 Å². The minimum absolute atomic E-state index is 0.158. The number of piperidine rings is 1. The van der Waals surface area contributed by atoms with Crippen molar-refractivity contribution in [2.45, 2.75) is 25.3 Å². The minimum Gasteiger partial charge on any atom is -0.309 e. The Labute approximate surface area is 98.8 Å². The molecule has 0 aromatic heterocycles. The van der Waals surface area contributed by atoms with E-state index >= 15 is 0 Å². The van der Waals surface area contributed by atoms with Crippen molar-refractivity contribution in [3.63, 3.8) is 0 Å². The Balaban J connectivity index is 2.18. The molecule has 0 amide bonds. The molecule has 2 rings (SSSR count). The Morgan fingerprint density at radius 1 is 1.44 bits per heavy atom. The summed E-state index contributed by atoms with van der Waals surface area (Å²) in [5.41, 5.74) is 0.832. The maximum atomic E-state index is 13.6. The summed E-state index contributed by atoms with van der Waals surface area (Å²) in [6.07, 6.45) is -0.158. The quantitative estimate of drug-likeness (QED) is 0.797. The van der Waals surface area contributed by atoms with Crippen LogP contribution in [0.25, 0.3) is 0 Å². The summed E-state index contributed by atoms with van der Waals surface area (Å²) in [4.78, 5) is 0. The summed E-state index contributed by atoms with van der Waals surface area (Å²) >= 11 is 5.85. The predicted octanol–water partition coefficient (Wildman–Crippen LogP) is 3.65. The van der Waals surface area contributed by atoms with Gasteiger partial charge in [-0.3, -0.25) is 0 Å². The molecule has 1 N–H and O–H groups in total. The van der Waals surface area contributed by atoms with E-state index in [-0.39, 0.29) is 12.5 Å². The van der Waals surface area contributed by atoms with Crippen LogP contribution in [0.15, 0.2) is 24.3 Å². The molecule has 0 radical (unpaired) electrons. The van der Waals surface area contributed by atoms with Gasteiger partial charge >= 0.3 is 0 Å². The molecule has 1 aliphatic heterocycles. The fraction of sp³-hybridized carbons (Fsp3) is 0.500. The summed E-state index contributed by atoms with van der Waals surface area (Å²) in [7, 11) is 0. The van der Waals surface area contributed by atoms with E-state index in [0.717, 1.165) is 5.56 Å². The molecule has 1 aromatic rings. The van der Waals surface area contributed by atoms with Gasteiger partial charge in [-0.15, -0.1) is 0 Å². The number of hydrogen-bond donors (Lipinski definition) is 1. The van der Waals surface area contributed by atoms with Crippen LogP contribution >= 0.6 is 11.6 Å². The van der Waals surface area contributed by atoms with Crippen LogP contribution in [0.3, 0.4) is 0 Å². The summed E-state index contributed by atoms with van der Waals surface area (Å²) in [6.45, 7) is 1.91. The summed E-state index contributed by atoms with van der Waals surface area (Å²) in [6, 6.07) is 6.80. The van der Waals surface area contributed by atoms with Gasteiger partial charge in [-0.05, 0) is 17.7 Å². The smallest absolute Gasteiger partial charge is 0.253 e. The van der Waals surface area contributed by atoms with E-state index in [9.17, 15) is 8.78 Å². The lowest BCUT2D eigenvalue weighted by atomic mass is 9.88. The molecule has 0 bridgehead atoms. The van der Waals surface area contributed by atoms with E-state index in [1.54, 1.807) is 25.1 Å². The van der Waals surface area contributed by atoms with Gasteiger partial charge in [-0.25, -0.2) is 8.78 Å². The van der Waals surface area contributed by atoms with Crippen LogP contribution in [0.5, 0.6) is 0 Å². The molecule has 1 fully saturated rings. The number of rotatable bonds is 1. The molecular weight excluding hydrogens is 232 g/mol. The first-order valence-corrected chi connectivity index (χ1v) is 5.73. The molecule has 1 aliphatic rings. The average Bonchev–Trinajstić information content (AvgIpc) is 2.22. The monoisotopic (exact) mass is 245 g/mol. The number of hydrogen-bond acceptors (Lipinski definition) is 1. The van der Waals surface area contributed by atoms with Gasteiger partial charge < -0.3 is 5.32 Å². The number of halogens is 3. The lowest BCUT2D eigenvalue weighted by Gasteiger charge is -2.35. The molecule has 16 heavy (non-hydrogen) atoms. The van der Waals surface area contributed by atoms with Gasteiger partial charge in [0.15, 0.2) is 0 Å². The van der Waals surface area contributed by atoms with Gasteiger partial charge in [-0.1, -0.05) is 30.7 Å². The molecule has 0 spiro atoms. The second kappa shape index (κ2) is 4.30. The molecule has 0 saturated carbocycles. The Kier molecular flexibility index (Phi) is 3.17. The van der Waals surface area contributed by atoms with Crippen LogP contribution < -0.4 is 5.32 Å². The summed E-state index contributed by atoms with van der Waals surface area (Å²) in [5.74, 6) is -3.21. The highest BCUT2D eigenvalue weighted by atomic mass is 35.5. The third-order valence-electron chi connectivity index (χ3n) is 3.12. The molecule has 1 aromatic carbocycles. The van der Waals surface area contributed by atoms with E-state index in [1.165, 1.54) is 0 Å². The first-order valence-electron chi connectivity index (χ1n) is 5.36. The topological polar surface area (TPSA) is 12.0 Å². The van der Waals surface area contributed by atoms with Crippen molar-refractivity contribution < 1.29 is 8.78 Å². The van der Waals surface area contributed by atoms with E-state index in [1.807, 2.05) is 6.07 Å². The van der Waals surface area contributed by atoms with Gasteiger partial charge in [0, 0.05) is 29.9 Å². The zero-order valence-corrected chi connectivity index (χ0v) is 9.77. The third kappa shape index (κ3) is 2.36. The molecule has 88 valence electrons. The molecule has 4 heteroatoms. The van der Waals surface area contributed by atoms with E-state index in [4.69, 9.17) is 11.6 Å². The lowest BCUT2D eigenvalue weighted by molar-refractivity contribution is -0.0841. The second-order valence-electron chi connectivity index (χ2n) is 4.38. The molecular formula is C12H14ClF2N. The van der Waals surface area contributed by atoms with E-state index in [2.05, 4.69) is 5.32 Å². The molecule has 0 unspecified atom stereocenters. The molecule has 2 atom stereocenters. The van der Waals surface area contributed by atoms with Gasteiger partial charge in [0.05, 0.1) is 0 Å². The maximum Gasteiger partial charge on any atom is 0.253 e. The minimum atomic E-state index is -2.60. The number of benzene rings is 1. The zero-order valence-electron chi connectivity index (χ0n) is 9.01. The number of nitrogens with one attached hydrogen (secondary N) is 1. The standard InChI is InChI=1S/C12H14ClF2N/c1-8-7-16-11(6-12(8,14)15)9-3-2-4-10(13)5-9/h2-5,8,11,16H,6-7H2,1H3/t8-,11-/m0/s1. The van der Waals surface area contributed by atoms with Crippen LogP contribution in [0.4, 0.5) is 8.78 Å². The van der Waals surface area contributed by atoms with E-state index in [0.29, 0.717) is 11.6 Å². The zero-order chi connectivity index (χ0) is 11.8. The summed E-state index contributed by atoms with van der Waals surface area (Å²) in [5, 5.41) is 3.71. The van der Waals surface area contributed by atoms with Gasteiger partial charge in [-0.2, -0.15) is 0 Å². The Bertz CT molecular complexity index is 381. The van der Waals surface area contributed by atoms with Crippen LogP contribution in [0.1, 0.15) is 24.9 Å². The number of alkyl halides is 2. The second-order valence-corrected chi connectivity index (χ2v) is 4.82. The predicted molar refractivity (Wildman–Crippen MR) is 60.9 cm³/mol. The van der Waals surface area contributed by atoms with Crippen LogP contribution in [-0.2, 0) is 0 Å². The highest BCUT2D eigenvalue weighted by Gasteiger charge is 2.42. The van der Waals surface area contributed by atoms with E-state index < -0.39 is 11.8 Å². The summed E-state index contributed by atoms with van der Waals surface area (Å²) < 4.78 is 27.1. The third-order valence-corrected chi connectivity index (χ3v) is 3.35. The van der Waals surface area contributed by atoms with Crippen molar-refractivity contribution in [1.82, 2.24) is 5.32 Å². The molecule has 1 saturated heterocycles.